The molecule has 2 aromatic rings. The second-order valence-corrected chi connectivity index (χ2v) is 4.14. The summed E-state index contributed by atoms with van der Waals surface area (Å²) in [7, 11) is 0. The minimum atomic E-state index is -0.529. The van der Waals surface area contributed by atoms with Gasteiger partial charge in [-0.2, -0.15) is 5.10 Å². The zero-order chi connectivity index (χ0) is 13.0. The van der Waals surface area contributed by atoms with Crippen LogP contribution in [0.15, 0.2) is 30.7 Å². The first kappa shape index (κ1) is 12.6. The van der Waals surface area contributed by atoms with E-state index in [1.54, 1.807) is 31.5 Å². The fraction of sp³-hybridized carbons (Fsp3) is 0.385. The van der Waals surface area contributed by atoms with Crippen LogP contribution in [0.2, 0.25) is 0 Å². The standard InChI is InChI=1S/C13H17N3O2/c1-3-6-16-9-12(8-15-16)18-13-7-11(10(2)17)4-5-14-13/h4-5,7-10,17H,3,6H2,1-2H3/t10-/m1/s1. The number of aliphatic hydroxyl groups excluding tert-OH is 1. The second kappa shape index (κ2) is 5.64. The molecule has 0 radical (unpaired) electrons. The van der Waals surface area contributed by atoms with Crippen LogP contribution in [0.25, 0.3) is 0 Å². The van der Waals surface area contributed by atoms with E-state index in [1.807, 2.05) is 10.9 Å². The zero-order valence-electron chi connectivity index (χ0n) is 10.6. The van der Waals surface area contributed by atoms with Gasteiger partial charge in [-0.15, -0.1) is 0 Å². The summed E-state index contributed by atoms with van der Waals surface area (Å²) in [5.41, 5.74) is 0.779. The maximum absolute atomic E-state index is 9.49. The van der Waals surface area contributed by atoms with Crippen molar-refractivity contribution in [1.82, 2.24) is 14.8 Å². The Bertz CT molecular complexity index is 508. The third-order valence-corrected chi connectivity index (χ3v) is 2.53. The molecule has 0 aliphatic rings. The molecular weight excluding hydrogens is 230 g/mol. The topological polar surface area (TPSA) is 60.2 Å². The Kier molecular flexibility index (Phi) is 3.94. The summed E-state index contributed by atoms with van der Waals surface area (Å²) in [6, 6.07) is 3.49. The Morgan fingerprint density at radius 1 is 1.50 bits per heavy atom. The molecule has 0 fully saturated rings. The maximum Gasteiger partial charge on any atom is 0.219 e. The first-order chi connectivity index (χ1) is 8.69. The summed E-state index contributed by atoms with van der Waals surface area (Å²) in [5, 5.41) is 13.7. The summed E-state index contributed by atoms with van der Waals surface area (Å²) in [5.74, 6) is 1.11. The molecule has 0 bridgehead atoms. The van der Waals surface area contributed by atoms with E-state index in [0.29, 0.717) is 11.6 Å². The molecule has 1 atom stereocenters. The van der Waals surface area contributed by atoms with Crippen molar-refractivity contribution in [2.45, 2.75) is 32.9 Å². The van der Waals surface area contributed by atoms with Crippen molar-refractivity contribution in [2.24, 2.45) is 0 Å². The van der Waals surface area contributed by atoms with Gasteiger partial charge in [-0.05, 0) is 25.0 Å². The predicted octanol–water partition coefficient (Wildman–Crippen LogP) is 2.53. The van der Waals surface area contributed by atoms with Crippen molar-refractivity contribution in [3.05, 3.63) is 36.3 Å². The van der Waals surface area contributed by atoms with Crippen molar-refractivity contribution in [3.63, 3.8) is 0 Å². The zero-order valence-corrected chi connectivity index (χ0v) is 10.6. The average Bonchev–Trinajstić information content (AvgIpc) is 2.77. The molecule has 0 spiro atoms. The largest absolute Gasteiger partial charge is 0.436 e. The molecule has 96 valence electrons. The van der Waals surface area contributed by atoms with Gasteiger partial charge in [0.25, 0.3) is 0 Å². The fourth-order valence-electron chi connectivity index (χ4n) is 1.61. The molecule has 0 aliphatic carbocycles. The highest BCUT2D eigenvalue weighted by molar-refractivity contribution is 5.26. The molecule has 0 aliphatic heterocycles. The monoisotopic (exact) mass is 247 g/mol. The van der Waals surface area contributed by atoms with Crippen LogP contribution in [0.1, 0.15) is 31.9 Å². The fourth-order valence-corrected chi connectivity index (χ4v) is 1.61. The number of hydrogen-bond acceptors (Lipinski definition) is 4. The van der Waals surface area contributed by atoms with E-state index in [0.717, 1.165) is 18.5 Å². The van der Waals surface area contributed by atoms with E-state index in [4.69, 9.17) is 4.74 Å². The Morgan fingerprint density at radius 2 is 2.33 bits per heavy atom. The van der Waals surface area contributed by atoms with Crippen LogP contribution < -0.4 is 4.74 Å². The normalized spacial score (nSPS) is 12.4. The quantitative estimate of drug-likeness (QED) is 0.882. The van der Waals surface area contributed by atoms with Gasteiger partial charge in [0.1, 0.15) is 0 Å². The van der Waals surface area contributed by atoms with Gasteiger partial charge in [0, 0.05) is 18.8 Å². The van der Waals surface area contributed by atoms with Gasteiger partial charge < -0.3 is 9.84 Å². The van der Waals surface area contributed by atoms with Crippen LogP contribution in [-0.4, -0.2) is 19.9 Å². The Labute approximate surface area is 106 Å². The Balaban J connectivity index is 2.10. The van der Waals surface area contributed by atoms with Crippen LogP contribution in [0.3, 0.4) is 0 Å². The number of pyridine rings is 1. The summed E-state index contributed by atoms with van der Waals surface area (Å²) in [4.78, 5) is 4.10. The van der Waals surface area contributed by atoms with Crippen LogP contribution in [0.5, 0.6) is 11.6 Å². The molecule has 2 heterocycles. The van der Waals surface area contributed by atoms with E-state index >= 15 is 0 Å². The van der Waals surface area contributed by atoms with E-state index in [9.17, 15) is 5.11 Å². The van der Waals surface area contributed by atoms with Crippen molar-refractivity contribution in [2.75, 3.05) is 0 Å². The predicted molar refractivity (Wildman–Crippen MR) is 67.5 cm³/mol. The number of aryl methyl sites for hydroxylation is 1. The summed E-state index contributed by atoms with van der Waals surface area (Å²) >= 11 is 0. The summed E-state index contributed by atoms with van der Waals surface area (Å²) in [6.45, 7) is 4.67. The molecular formula is C13H17N3O2. The minimum absolute atomic E-state index is 0.462. The lowest BCUT2D eigenvalue weighted by Gasteiger charge is -2.06. The Hall–Kier alpha value is -1.88. The van der Waals surface area contributed by atoms with E-state index in [1.165, 1.54) is 0 Å². The summed E-state index contributed by atoms with van der Waals surface area (Å²) < 4.78 is 7.42. The van der Waals surface area contributed by atoms with Gasteiger partial charge in [-0.25, -0.2) is 4.98 Å². The third kappa shape index (κ3) is 3.07. The first-order valence-corrected chi connectivity index (χ1v) is 6.03. The number of ether oxygens (including phenoxy) is 1. The van der Waals surface area contributed by atoms with Crippen molar-refractivity contribution in [1.29, 1.82) is 0 Å². The average molecular weight is 247 g/mol. The molecule has 0 unspecified atom stereocenters. The molecule has 2 rings (SSSR count). The first-order valence-electron chi connectivity index (χ1n) is 6.03. The minimum Gasteiger partial charge on any atom is -0.436 e. The van der Waals surface area contributed by atoms with Gasteiger partial charge in [-0.3, -0.25) is 4.68 Å². The SMILES string of the molecule is CCCn1cc(Oc2cc([C@@H](C)O)ccn2)cn1. The molecule has 0 saturated heterocycles. The number of aliphatic hydroxyl groups is 1. The van der Waals surface area contributed by atoms with Crippen LogP contribution in [-0.2, 0) is 6.54 Å². The van der Waals surface area contributed by atoms with Crippen LogP contribution in [0.4, 0.5) is 0 Å². The van der Waals surface area contributed by atoms with Crippen molar-refractivity contribution >= 4 is 0 Å². The van der Waals surface area contributed by atoms with E-state index < -0.39 is 6.10 Å². The highest BCUT2D eigenvalue weighted by atomic mass is 16.5. The molecule has 2 aromatic heterocycles. The molecule has 0 saturated carbocycles. The highest BCUT2D eigenvalue weighted by Crippen LogP contribution is 2.21. The number of nitrogens with zero attached hydrogens (tertiary/aromatic N) is 3. The molecule has 0 aromatic carbocycles. The molecule has 0 amide bonds. The van der Waals surface area contributed by atoms with Gasteiger partial charge in [-0.1, -0.05) is 6.92 Å². The Morgan fingerprint density at radius 3 is 3.06 bits per heavy atom. The highest BCUT2D eigenvalue weighted by Gasteiger charge is 2.05. The van der Waals surface area contributed by atoms with Gasteiger partial charge in [0.2, 0.25) is 5.88 Å². The number of rotatable bonds is 5. The van der Waals surface area contributed by atoms with Crippen LogP contribution in [0, 0.1) is 0 Å². The van der Waals surface area contributed by atoms with E-state index in [-0.39, 0.29) is 0 Å². The van der Waals surface area contributed by atoms with Crippen molar-refractivity contribution in [3.8, 4) is 11.6 Å². The second-order valence-electron chi connectivity index (χ2n) is 4.14. The van der Waals surface area contributed by atoms with Gasteiger partial charge in [0.05, 0.1) is 18.5 Å². The third-order valence-electron chi connectivity index (χ3n) is 2.53. The molecule has 5 heteroatoms. The molecule has 1 N–H and O–H groups in total. The summed E-state index contributed by atoms with van der Waals surface area (Å²) in [6.07, 6.45) is 5.61. The molecule has 18 heavy (non-hydrogen) atoms. The van der Waals surface area contributed by atoms with Gasteiger partial charge >= 0.3 is 0 Å². The van der Waals surface area contributed by atoms with Gasteiger partial charge in [0.15, 0.2) is 5.75 Å². The lowest BCUT2D eigenvalue weighted by Crippen LogP contribution is -1.96. The smallest absolute Gasteiger partial charge is 0.219 e. The lowest BCUT2D eigenvalue weighted by molar-refractivity contribution is 0.198. The maximum atomic E-state index is 9.49. The molecule has 5 nitrogen and oxygen atoms in total. The van der Waals surface area contributed by atoms with E-state index in [2.05, 4.69) is 17.0 Å². The van der Waals surface area contributed by atoms with Crippen molar-refractivity contribution < 1.29 is 9.84 Å². The van der Waals surface area contributed by atoms with Crippen LogP contribution >= 0.6 is 0 Å². The number of aromatic nitrogens is 3. The number of hydrogen-bond donors (Lipinski definition) is 1. The lowest BCUT2D eigenvalue weighted by atomic mass is 10.2.